The molecule has 1 unspecified atom stereocenters. The average molecular weight is 379 g/mol. The van der Waals surface area contributed by atoms with Crippen LogP contribution >= 0.6 is 27.3 Å². The number of likely N-dealkylation sites (N-methyl/N-ethyl adjacent to an activating group) is 1. The molecule has 2 aromatic rings. The standard InChI is InChI=1S/C16H16BrN3OS/c1-20-7-6-11-12(8-20)22-16-13(11)15(21)18-14(19-16)9-2-4-10(17)5-3-9/h2-5,14,19H,6-8H2,1H3,(H,18,21)/p+1/t14-/m1/s1. The fourth-order valence-electron chi connectivity index (χ4n) is 3.15. The highest BCUT2D eigenvalue weighted by atomic mass is 79.9. The molecule has 4 rings (SSSR count). The topological polar surface area (TPSA) is 45.6 Å². The monoisotopic (exact) mass is 378 g/mol. The molecule has 4 nitrogen and oxygen atoms in total. The van der Waals surface area contributed by atoms with E-state index in [-0.39, 0.29) is 12.1 Å². The molecule has 1 aromatic heterocycles. The maximum absolute atomic E-state index is 12.6. The lowest BCUT2D eigenvalue weighted by molar-refractivity contribution is -0.895. The fraction of sp³-hybridized carbons (Fsp3) is 0.312. The summed E-state index contributed by atoms with van der Waals surface area (Å²) < 4.78 is 1.04. The Kier molecular flexibility index (Phi) is 3.47. The van der Waals surface area contributed by atoms with Gasteiger partial charge in [0.05, 0.1) is 24.0 Å². The maximum Gasteiger partial charge on any atom is 0.256 e. The van der Waals surface area contributed by atoms with Gasteiger partial charge in [0, 0.05) is 10.9 Å². The molecule has 0 fully saturated rings. The number of rotatable bonds is 1. The quantitative estimate of drug-likeness (QED) is 0.709. The van der Waals surface area contributed by atoms with E-state index in [1.807, 2.05) is 24.3 Å². The molecule has 6 heteroatoms. The number of halogens is 1. The maximum atomic E-state index is 12.6. The smallest absolute Gasteiger partial charge is 0.256 e. The Morgan fingerprint density at radius 1 is 1.27 bits per heavy atom. The predicted octanol–water partition coefficient (Wildman–Crippen LogP) is 1.94. The van der Waals surface area contributed by atoms with E-state index in [2.05, 4.69) is 33.6 Å². The van der Waals surface area contributed by atoms with Gasteiger partial charge < -0.3 is 15.5 Å². The van der Waals surface area contributed by atoms with Gasteiger partial charge in [-0.2, -0.15) is 0 Å². The number of hydrogen-bond donors (Lipinski definition) is 3. The zero-order chi connectivity index (χ0) is 15.3. The van der Waals surface area contributed by atoms with Crippen LogP contribution in [0.1, 0.15) is 32.5 Å². The molecule has 0 spiro atoms. The second-order valence-electron chi connectivity index (χ2n) is 5.94. The molecule has 114 valence electrons. The normalized spacial score (nSPS) is 23.3. The van der Waals surface area contributed by atoms with Crippen LogP contribution in [-0.2, 0) is 13.0 Å². The van der Waals surface area contributed by atoms with E-state index in [1.54, 1.807) is 11.3 Å². The lowest BCUT2D eigenvalue weighted by atomic mass is 10.0. The zero-order valence-electron chi connectivity index (χ0n) is 12.2. The third kappa shape index (κ3) is 2.35. The number of anilines is 1. The summed E-state index contributed by atoms with van der Waals surface area (Å²) in [5, 5.41) is 7.61. The largest absolute Gasteiger partial charge is 0.353 e. The van der Waals surface area contributed by atoms with Crippen molar-refractivity contribution in [3.05, 3.63) is 50.3 Å². The molecular formula is C16H17BrN3OS+. The minimum Gasteiger partial charge on any atom is -0.353 e. The van der Waals surface area contributed by atoms with Crippen molar-refractivity contribution >= 4 is 38.2 Å². The van der Waals surface area contributed by atoms with Gasteiger partial charge in [-0.3, -0.25) is 4.79 Å². The van der Waals surface area contributed by atoms with Crippen molar-refractivity contribution < 1.29 is 9.69 Å². The number of amides is 1. The molecule has 0 saturated heterocycles. The second kappa shape index (κ2) is 5.37. The summed E-state index contributed by atoms with van der Waals surface area (Å²) in [4.78, 5) is 15.5. The zero-order valence-corrected chi connectivity index (χ0v) is 14.6. The highest BCUT2D eigenvalue weighted by Crippen LogP contribution is 2.38. The lowest BCUT2D eigenvalue weighted by Gasteiger charge is -2.27. The first-order chi connectivity index (χ1) is 10.6. The summed E-state index contributed by atoms with van der Waals surface area (Å²) in [6.45, 7) is 2.12. The minimum absolute atomic E-state index is 0.0544. The summed E-state index contributed by atoms with van der Waals surface area (Å²) in [6.07, 6.45) is 0.837. The molecule has 1 amide bonds. The Hall–Kier alpha value is -1.37. The van der Waals surface area contributed by atoms with E-state index < -0.39 is 0 Å². The fourth-order valence-corrected chi connectivity index (χ4v) is 4.81. The van der Waals surface area contributed by atoms with Gasteiger partial charge in [-0.15, -0.1) is 11.3 Å². The van der Waals surface area contributed by atoms with E-state index >= 15 is 0 Å². The molecular weight excluding hydrogens is 362 g/mol. The third-order valence-electron chi connectivity index (χ3n) is 4.34. The van der Waals surface area contributed by atoms with Crippen LogP contribution in [0.3, 0.4) is 0 Å². The first-order valence-corrected chi connectivity index (χ1v) is 9.01. The van der Waals surface area contributed by atoms with E-state index in [0.717, 1.165) is 40.1 Å². The Balaban J connectivity index is 1.69. The van der Waals surface area contributed by atoms with Crippen LogP contribution < -0.4 is 15.5 Å². The number of nitrogens with one attached hydrogen (secondary N) is 3. The van der Waals surface area contributed by atoms with Gasteiger partial charge in [-0.1, -0.05) is 28.1 Å². The van der Waals surface area contributed by atoms with E-state index in [9.17, 15) is 4.79 Å². The molecule has 0 saturated carbocycles. The van der Waals surface area contributed by atoms with Crippen molar-refractivity contribution in [2.75, 3.05) is 18.9 Å². The summed E-state index contributed by atoms with van der Waals surface area (Å²) in [6, 6.07) is 8.05. The van der Waals surface area contributed by atoms with Crippen molar-refractivity contribution in [3.8, 4) is 0 Å². The average Bonchev–Trinajstić information content (AvgIpc) is 2.85. The van der Waals surface area contributed by atoms with Crippen LogP contribution in [0.15, 0.2) is 28.7 Å². The SMILES string of the molecule is C[NH+]1CCc2c(sc3c2C(=O)N[C@@H](c2ccc(Br)cc2)N3)C1. The summed E-state index contributed by atoms with van der Waals surface area (Å²) >= 11 is 5.19. The second-order valence-corrected chi connectivity index (χ2v) is 7.97. The Labute approximate surface area is 141 Å². The number of carbonyl (C=O) groups excluding carboxylic acids is 1. The molecule has 0 radical (unpaired) electrons. The molecule has 3 N–H and O–H groups in total. The van der Waals surface area contributed by atoms with Gasteiger partial charge in [0.25, 0.3) is 5.91 Å². The molecule has 2 atom stereocenters. The summed E-state index contributed by atoms with van der Waals surface area (Å²) in [7, 11) is 2.21. The number of quaternary nitrogens is 1. The Morgan fingerprint density at radius 2 is 2.05 bits per heavy atom. The lowest BCUT2D eigenvalue weighted by Crippen LogP contribution is -3.08. The summed E-state index contributed by atoms with van der Waals surface area (Å²) in [5.74, 6) is 0.0544. The number of thiophene rings is 1. The van der Waals surface area contributed by atoms with Crippen LogP contribution in [-0.4, -0.2) is 19.5 Å². The molecule has 0 aliphatic carbocycles. The van der Waals surface area contributed by atoms with Crippen molar-refractivity contribution in [2.24, 2.45) is 0 Å². The first kappa shape index (κ1) is 14.2. The van der Waals surface area contributed by atoms with Gasteiger partial charge in [0.1, 0.15) is 17.7 Å². The van der Waals surface area contributed by atoms with Crippen LogP contribution in [0.5, 0.6) is 0 Å². The van der Waals surface area contributed by atoms with E-state index in [1.165, 1.54) is 15.3 Å². The van der Waals surface area contributed by atoms with E-state index in [4.69, 9.17) is 0 Å². The van der Waals surface area contributed by atoms with Gasteiger partial charge >= 0.3 is 0 Å². The van der Waals surface area contributed by atoms with Crippen molar-refractivity contribution in [2.45, 2.75) is 19.1 Å². The van der Waals surface area contributed by atoms with Gasteiger partial charge in [-0.25, -0.2) is 0 Å². The molecule has 2 aliphatic rings. The third-order valence-corrected chi connectivity index (χ3v) is 6.03. The molecule has 3 heterocycles. The molecule has 22 heavy (non-hydrogen) atoms. The predicted molar refractivity (Wildman–Crippen MR) is 91.5 cm³/mol. The number of hydrogen-bond acceptors (Lipinski definition) is 3. The highest BCUT2D eigenvalue weighted by molar-refractivity contribution is 9.10. The van der Waals surface area contributed by atoms with Gasteiger partial charge in [-0.05, 0) is 23.3 Å². The summed E-state index contributed by atoms with van der Waals surface area (Å²) in [5.41, 5.74) is 3.20. The van der Waals surface area contributed by atoms with Crippen molar-refractivity contribution in [1.82, 2.24) is 5.32 Å². The minimum atomic E-state index is -0.154. The molecule has 2 aliphatic heterocycles. The molecule has 1 aromatic carbocycles. The van der Waals surface area contributed by atoms with Crippen LogP contribution in [0.25, 0.3) is 0 Å². The van der Waals surface area contributed by atoms with Gasteiger partial charge in [0.2, 0.25) is 0 Å². The number of fused-ring (bicyclic) bond motifs is 3. The molecule has 0 bridgehead atoms. The van der Waals surface area contributed by atoms with Crippen molar-refractivity contribution in [1.29, 1.82) is 0 Å². The van der Waals surface area contributed by atoms with Crippen LogP contribution in [0.2, 0.25) is 0 Å². The highest BCUT2D eigenvalue weighted by Gasteiger charge is 2.33. The van der Waals surface area contributed by atoms with Gasteiger partial charge in [0.15, 0.2) is 0 Å². The number of carbonyl (C=O) groups is 1. The van der Waals surface area contributed by atoms with Crippen LogP contribution in [0, 0.1) is 0 Å². The number of benzene rings is 1. The van der Waals surface area contributed by atoms with Crippen molar-refractivity contribution in [3.63, 3.8) is 0 Å². The van der Waals surface area contributed by atoms with E-state index in [0.29, 0.717) is 0 Å². The Morgan fingerprint density at radius 3 is 2.82 bits per heavy atom. The Bertz CT molecular complexity index is 741. The first-order valence-electron chi connectivity index (χ1n) is 7.40. The van der Waals surface area contributed by atoms with Crippen LogP contribution in [0.4, 0.5) is 5.00 Å².